The summed E-state index contributed by atoms with van der Waals surface area (Å²) in [5.41, 5.74) is 0. The van der Waals surface area contributed by atoms with E-state index in [0.29, 0.717) is 16.3 Å². The van der Waals surface area contributed by atoms with Crippen molar-refractivity contribution in [1.82, 2.24) is 29.7 Å². The lowest BCUT2D eigenvalue weighted by atomic mass is 10.7. The summed E-state index contributed by atoms with van der Waals surface area (Å²) in [5.74, 6) is 0.342. The standard InChI is InChI=1S/C9H5ClN6OS/c10-6-13-7(16-4-1-2-12-16)15-8(14-6)18-9-11-3-5-17-9/h1-5H. The minimum atomic E-state index is 0.0876. The third-order valence-corrected chi connectivity index (χ3v) is 2.78. The first-order valence-corrected chi connectivity index (χ1v) is 5.99. The molecule has 0 amide bonds. The predicted molar refractivity (Wildman–Crippen MR) is 62.6 cm³/mol. The van der Waals surface area contributed by atoms with E-state index in [-0.39, 0.29) is 5.28 Å². The maximum absolute atomic E-state index is 5.84. The Labute approximate surface area is 110 Å². The zero-order valence-electron chi connectivity index (χ0n) is 8.76. The highest BCUT2D eigenvalue weighted by Gasteiger charge is 2.10. The Kier molecular flexibility index (Phi) is 2.95. The van der Waals surface area contributed by atoms with Gasteiger partial charge in [0.1, 0.15) is 6.26 Å². The highest BCUT2D eigenvalue weighted by Crippen LogP contribution is 2.23. The van der Waals surface area contributed by atoms with E-state index in [1.54, 1.807) is 24.7 Å². The number of hydrogen-bond acceptors (Lipinski definition) is 7. The smallest absolute Gasteiger partial charge is 0.263 e. The highest BCUT2D eigenvalue weighted by atomic mass is 35.5. The lowest BCUT2D eigenvalue weighted by Gasteiger charge is -2.01. The molecular formula is C9H5ClN6OS. The van der Waals surface area contributed by atoms with Gasteiger partial charge in [-0.3, -0.25) is 0 Å². The fourth-order valence-corrected chi connectivity index (χ4v) is 2.03. The van der Waals surface area contributed by atoms with Gasteiger partial charge in [-0.15, -0.1) is 0 Å². The van der Waals surface area contributed by atoms with Gasteiger partial charge in [0.2, 0.25) is 10.4 Å². The molecule has 3 rings (SSSR count). The van der Waals surface area contributed by atoms with Crippen LogP contribution in [0.2, 0.25) is 5.28 Å². The van der Waals surface area contributed by atoms with E-state index in [1.165, 1.54) is 10.9 Å². The first kappa shape index (κ1) is 11.2. The van der Waals surface area contributed by atoms with Gasteiger partial charge in [-0.2, -0.15) is 20.1 Å². The van der Waals surface area contributed by atoms with E-state index < -0.39 is 0 Å². The lowest BCUT2D eigenvalue weighted by molar-refractivity contribution is 0.453. The topological polar surface area (TPSA) is 82.5 Å². The molecule has 0 aromatic carbocycles. The molecule has 18 heavy (non-hydrogen) atoms. The van der Waals surface area contributed by atoms with Crippen LogP contribution in [0.5, 0.6) is 0 Å². The first-order chi connectivity index (χ1) is 8.81. The van der Waals surface area contributed by atoms with Crippen molar-refractivity contribution in [2.45, 2.75) is 10.4 Å². The zero-order valence-corrected chi connectivity index (χ0v) is 10.3. The van der Waals surface area contributed by atoms with Gasteiger partial charge in [-0.25, -0.2) is 9.67 Å². The van der Waals surface area contributed by atoms with Gasteiger partial charge in [0.25, 0.3) is 11.2 Å². The Hall–Kier alpha value is -1.93. The number of oxazole rings is 1. The Balaban J connectivity index is 1.96. The van der Waals surface area contributed by atoms with E-state index in [0.717, 1.165) is 11.8 Å². The molecule has 3 heterocycles. The summed E-state index contributed by atoms with van der Waals surface area (Å²) >= 11 is 6.99. The molecule has 0 atom stereocenters. The molecular weight excluding hydrogens is 276 g/mol. The summed E-state index contributed by atoms with van der Waals surface area (Å²) in [6.45, 7) is 0. The summed E-state index contributed by atoms with van der Waals surface area (Å²) < 4.78 is 6.59. The van der Waals surface area contributed by atoms with Crippen molar-refractivity contribution in [2.24, 2.45) is 0 Å². The molecule has 3 aromatic rings. The van der Waals surface area contributed by atoms with Crippen molar-refractivity contribution in [3.8, 4) is 5.95 Å². The zero-order chi connectivity index (χ0) is 12.4. The molecule has 0 radical (unpaired) electrons. The molecule has 0 spiro atoms. The minimum Gasteiger partial charge on any atom is -0.440 e. The van der Waals surface area contributed by atoms with Crippen LogP contribution in [0.4, 0.5) is 0 Å². The normalized spacial score (nSPS) is 10.7. The maximum atomic E-state index is 5.84. The van der Waals surface area contributed by atoms with E-state index in [1.807, 2.05) is 0 Å². The SMILES string of the molecule is Clc1nc(Sc2ncco2)nc(-n2cccn2)n1. The van der Waals surface area contributed by atoms with Crippen molar-refractivity contribution in [2.75, 3.05) is 0 Å². The van der Waals surface area contributed by atoms with E-state index in [9.17, 15) is 0 Å². The van der Waals surface area contributed by atoms with Crippen LogP contribution in [0, 0.1) is 0 Å². The van der Waals surface area contributed by atoms with Gasteiger partial charge >= 0.3 is 0 Å². The number of halogens is 1. The highest BCUT2D eigenvalue weighted by molar-refractivity contribution is 7.98. The van der Waals surface area contributed by atoms with Crippen LogP contribution >= 0.6 is 23.4 Å². The van der Waals surface area contributed by atoms with Gasteiger partial charge in [-0.1, -0.05) is 0 Å². The second-order valence-corrected chi connectivity index (χ2v) is 4.29. The molecule has 7 nitrogen and oxygen atoms in total. The summed E-state index contributed by atoms with van der Waals surface area (Å²) in [5, 5.41) is 4.94. The lowest BCUT2D eigenvalue weighted by Crippen LogP contribution is -2.04. The monoisotopic (exact) mass is 280 g/mol. The van der Waals surface area contributed by atoms with E-state index in [2.05, 4.69) is 25.0 Å². The Morgan fingerprint density at radius 3 is 2.89 bits per heavy atom. The number of rotatable bonds is 3. The average Bonchev–Trinajstić information content (AvgIpc) is 3.00. The first-order valence-electron chi connectivity index (χ1n) is 4.80. The largest absolute Gasteiger partial charge is 0.440 e. The molecule has 0 unspecified atom stereocenters. The van der Waals surface area contributed by atoms with Gasteiger partial charge in [0.05, 0.1) is 6.20 Å². The van der Waals surface area contributed by atoms with Crippen molar-refractivity contribution >= 4 is 23.4 Å². The number of nitrogens with zero attached hydrogens (tertiary/aromatic N) is 6. The van der Waals surface area contributed by atoms with E-state index in [4.69, 9.17) is 16.0 Å². The number of aromatic nitrogens is 6. The number of hydrogen-bond donors (Lipinski definition) is 0. The third kappa shape index (κ3) is 2.34. The second-order valence-electron chi connectivity index (χ2n) is 3.04. The quantitative estimate of drug-likeness (QED) is 0.724. The third-order valence-electron chi connectivity index (χ3n) is 1.87. The fourth-order valence-electron chi connectivity index (χ4n) is 1.20. The van der Waals surface area contributed by atoms with Crippen molar-refractivity contribution in [1.29, 1.82) is 0 Å². The molecule has 0 aliphatic rings. The molecule has 9 heteroatoms. The summed E-state index contributed by atoms with van der Waals surface area (Å²) in [4.78, 5) is 16.1. The van der Waals surface area contributed by atoms with Gasteiger partial charge in [-0.05, 0) is 17.7 Å². The van der Waals surface area contributed by atoms with Crippen LogP contribution in [0.15, 0.2) is 45.7 Å². The van der Waals surface area contributed by atoms with Crippen LogP contribution in [0.3, 0.4) is 0 Å². The molecule has 0 aliphatic carbocycles. The molecule has 0 bridgehead atoms. The van der Waals surface area contributed by atoms with Crippen LogP contribution in [-0.2, 0) is 0 Å². The van der Waals surface area contributed by atoms with Crippen molar-refractivity contribution < 1.29 is 4.42 Å². The predicted octanol–water partition coefficient (Wildman–Crippen LogP) is 1.85. The second kappa shape index (κ2) is 4.75. The average molecular weight is 281 g/mol. The molecule has 0 saturated carbocycles. The Bertz CT molecular complexity index is 641. The summed E-state index contributed by atoms with van der Waals surface area (Å²) in [6.07, 6.45) is 6.35. The maximum Gasteiger partial charge on any atom is 0.263 e. The van der Waals surface area contributed by atoms with Crippen LogP contribution in [-0.4, -0.2) is 29.7 Å². The Morgan fingerprint density at radius 1 is 1.22 bits per heavy atom. The fraction of sp³-hybridized carbons (Fsp3) is 0. The van der Waals surface area contributed by atoms with Crippen molar-refractivity contribution in [3.63, 3.8) is 0 Å². The Morgan fingerprint density at radius 2 is 2.17 bits per heavy atom. The molecule has 0 fully saturated rings. The molecule has 0 saturated heterocycles. The van der Waals surface area contributed by atoms with Crippen LogP contribution in [0.1, 0.15) is 0 Å². The minimum absolute atomic E-state index is 0.0876. The van der Waals surface area contributed by atoms with Gasteiger partial charge in [0, 0.05) is 24.2 Å². The molecule has 0 aliphatic heterocycles. The van der Waals surface area contributed by atoms with E-state index >= 15 is 0 Å². The van der Waals surface area contributed by atoms with Crippen LogP contribution in [0.25, 0.3) is 5.95 Å². The molecule has 90 valence electrons. The van der Waals surface area contributed by atoms with Crippen LogP contribution < -0.4 is 0 Å². The van der Waals surface area contributed by atoms with Gasteiger partial charge < -0.3 is 4.42 Å². The summed E-state index contributed by atoms with van der Waals surface area (Å²) in [6, 6.07) is 1.76. The summed E-state index contributed by atoms with van der Waals surface area (Å²) in [7, 11) is 0. The van der Waals surface area contributed by atoms with Gasteiger partial charge in [0.15, 0.2) is 0 Å². The molecule has 3 aromatic heterocycles. The molecule has 0 N–H and O–H groups in total. The van der Waals surface area contributed by atoms with Crippen molar-refractivity contribution in [3.05, 3.63) is 36.2 Å².